The third-order valence-electron chi connectivity index (χ3n) is 2.54. The number of rotatable bonds is 4. The molecule has 2 N–H and O–H groups in total. The predicted molar refractivity (Wildman–Crippen MR) is 72.5 cm³/mol. The molecule has 0 aliphatic carbocycles. The van der Waals surface area contributed by atoms with Crippen LogP contribution in [0.5, 0.6) is 0 Å². The number of hydrogen-bond acceptors (Lipinski definition) is 3. The van der Waals surface area contributed by atoms with Crippen LogP contribution in [0.1, 0.15) is 24.9 Å². The van der Waals surface area contributed by atoms with Crippen LogP contribution in [0.2, 0.25) is 0 Å². The predicted octanol–water partition coefficient (Wildman–Crippen LogP) is 2.91. The summed E-state index contributed by atoms with van der Waals surface area (Å²) in [5.41, 5.74) is 6.62. The van der Waals surface area contributed by atoms with Crippen LogP contribution in [0.25, 0.3) is 10.1 Å². The van der Waals surface area contributed by atoms with Gasteiger partial charge in [0.1, 0.15) is 6.29 Å². The molecule has 2 rings (SSSR count). The molecule has 0 radical (unpaired) electrons. The normalized spacial score (nSPS) is 13.8. The number of carbonyl (C=O) groups excluding carboxylic acids is 1. The monoisotopic (exact) mass is 246 g/mol. The minimum Gasteiger partial charge on any atom is -0.388 e. The van der Waals surface area contributed by atoms with Crippen molar-refractivity contribution in [1.82, 2.24) is 0 Å². The van der Waals surface area contributed by atoms with Crippen LogP contribution in [0.15, 0.2) is 34.6 Å². The second-order valence-electron chi connectivity index (χ2n) is 3.91. The first-order chi connectivity index (χ1) is 8.20. The smallest absolute Gasteiger partial charge is 0.122 e. The highest BCUT2D eigenvalue weighted by molar-refractivity contribution is 7.17. The molecule has 0 saturated heterocycles. The highest BCUT2D eigenvalue weighted by Crippen LogP contribution is 2.27. The molecule has 0 aliphatic heterocycles. The highest BCUT2D eigenvalue weighted by Gasteiger charge is 2.10. The largest absolute Gasteiger partial charge is 0.388 e. The van der Waals surface area contributed by atoms with Crippen LogP contribution < -0.4 is 5.73 Å². The maximum atomic E-state index is 10.7. The molecule has 1 heterocycles. The fraction of sp³-hybridized carbons (Fsp3) is 0.231. The fourth-order valence-corrected chi connectivity index (χ4v) is 2.56. The Morgan fingerprint density at radius 1 is 1.53 bits per heavy atom. The number of aliphatic imine (C=N–C) groups is 1. The molecule has 88 valence electrons. The number of thiophene rings is 1. The molecule has 3 nitrogen and oxygen atoms in total. The SMILES string of the molecule is CC(N)=NC(CC=O)c1ccc2sccc2c1. The highest BCUT2D eigenvalue weighted by atomic mass is 32.1. The van der Waals surface area contributed by atoms with Gasteiger partial charge in [0.2, 0.25) is 0 Å². The molecule has 0 aliphatic rings. The van der Waals surface area contributed by atoms with E-state index in [1.54, 1.807) is 18.3 Å². The van der Waals surface area contributed by atoms with Crippen molar-refractivity contribution in [3.63, 3.8) is 0 Å². The Hall–Kier alpha value is -1.68. The lowest BCUT2D eigenvalue weighted by Crippen LogP contribution is -2.09. The van der Waals surface area contributed by atoms with Gasteiger partial charge in [0.25, 0.3) is 0 Å². The summed E-state index contributed by atoms with van der Waals surface area (Å²) in [5, 5.41) is 3.24. The van der Waals surface area contributed by atoms with Crippen molar-refractivity contribution in [2.75, 3.05) is 0 Å². The van der Waals surface area contributed by atoms with Crippen LogP contribution in [0.4, 0.5) is 0 Å². The van der Waals surface area contributed by atoms with Crippen molar-refractivity contribution in [1.29, 1.82) is 0 Å². The Morgan fingerprint density at radius 2 is 2.35 bits per heavy atom. The molecule has 0 spiro atoms. The third kappa shape index (κ3) is 2.71. The van der Waals surface area contributed by atoms with Crippen LogP contribution >= 0.6 is 11.3 Å². The molecule has 0 bridgehead atoms. The van der Waals surface area contributed by atoms with Crippen LogP contribution in [-0.2, 0) is 4.79 Å². The average Bonchev–Trinajstić information content (AvgIpc) is 2.74. The van der Waals surface area contributed by atoms with Gasteiger partial charge in [-0.1, -0.05) is 6.07 Å². The number of nitrogens with two attached hydrogens (primary N) is 1. The summed E-state index contributed by atoms with van der Waals surface area (Å²) < 4.78 is 1.24. The van der Waals surface area contributed by atoms with Crippen molar-refractivity contribution in [2.24, 2.45) is 10.7 Å². The Morgan fingerprint density at radius 3 is 3.06 bits per heavy atom. The zero-order valence-corrected chi connectivity index (χ0v) is 10.4. The summed E-state index contributed by atoms with van der Waals surface area (Å²) in [6.07, 6.45) is 1.25. The Bertz CT molecular complexity index is 555. The van der Waals surface area contributed by atoms with Crippen LogP contribution in [0.3, 0.4) is 0 Å². The molecular weight excluding hydrogens is 232 g/mol. The number of hydrogen-bond donors (Lipinski definition) is 1. The van der Waals surface area contributed by atoms with E-state index < -0.39 is 0 Å². The summed E-state index contributed by atoms with van der Waals surface area (Å²) in [7, 11) is 0. The standard InChI is InChI=1S/C13H14N2OS/c1-9(14)15-12(4-6-16)10-2-3-13-11(8-10)5-7-17-13/h2-3,5-8,12H,4H2,1H3,(H2,14,15). The van der Waals surface area contributed by atoms with Crippen molar-refractivity contribution < 1.29 is 4.79 Å². The number of nitrogens with zero attached hydrogens (tertiary/aromatic N) is 1. The Kier molecular flexibility index (Phi) is 3.54. The first-order valence-electron chi connectivity index (χ1n) is 5.41. The van der Waals surface area contributed by atoms with Crippen molar-refractivity contribution in [3.05, 3.63) is 35.2 Å². The summed E-state index contributed by atoms with van der Waals surface area (Å²) in [6, 6.07) is 8.06. The van der Waals surface area contributed by atoms with E-state index in [1.165, 1.54) is 10.1 Å². The molecule has 2 aromatic rings. The van der Waals surface area contributed by atoms with Gasteiger partial charge in [-0.3, -0.25) is 4.99 Å². The summed E-state index contributed by atoms with van der Waals surface area (Å²) in [6.45, 7) is 1.74. The zero-order chi connectivity index (χ0) is 12.3. The Balaban J connectivity index is 2.40. The van der Waals surface area contributed by atoms with E-state index in [4.69, 9.17) is 5.73 Å². The first kappa shape index (κ1) is 11.8. The number of aldehydes is 1. The Labute approximate surface area is 104 Å². The molecule has 0 amide bonds. The first-order valence-corrected chi connectivity index (χ1v) is 6.29. The van der Waals surface area contributed by atoms with Gasteiger partial charge in [-0.05, 0) is 41.5 Å². The summed E-state index contributed by atoms with van der Waals surface area (Å²) in [4.78, 5) is 15.0. The van der Waals surface area contributed by atoms with E-state index in [0.717, 1.165) is 11.8 Å². The van der Waals surface area contributed by atoms with E-state index in [-0.39, 0.29) is 6.04 Å². The molecule has 1 aromatic carbocycles. The van der Waals surface area contributed by atoms with Gasteiger partial charge in [-0.25, -0.2) is 0 Å². The quantitative estimate of drug-likeness (QED) is 0.512. The van der Waals surface area contributed by atoms with Gasteiger partial charge in [-0.15, -0.1) is 11.3 Å². The van der Waals surface area contributed by atoms with Gasteiger partial charge in [0.05, 0.1) is 11.9 Å². The average molecular weight is 246 g/mol. The van der Waals surface area contributed by atoms with Gasteiger partial charge < -0.3 is 10.5 Å². The lowest BCUT2D eigenvalue weighted by molar-refractivity contribution is -0.108. The molecule has 1 unspecified atom stereocenters. The third-order valence-corrected chi connectivity index (χ3v) is 3.44. The van der Waals surface area contributed by atoms with E-state index in [2.05, 4.69) is 28.6 Å². The van der Waals surface area contributed by atoms with Crippen molar-refractivity contribution in [3.8, 4) is 0 Å². The summed E-state index contributed by atoms with van der Waals surface area (Å²) >= 11 is 1.70. The second-order valence-corrected chi connectivity index (χ2v) is 4.85. The van der Waals surface area contributed by atoms with Crippen molar-refractivity contribution >= 4 is 33.5 Å². The summed E-state index contributed by atoms with van der Waals surface area (Å²) in [5.74, 6) is 0.502. The lowest BCUT2D eigenvalue weighted by Gasteiger charge is -2.10. The fourth-order valence-electron chi connectivity index (χ4n) is 1.79. The lowest BCUT2D eigenvalue weighted by atomic mass is 10.0. The number of benzene rings is 1. The molecule has 4 heteroatoms. The van der Waals surface area contributed by atoms with Gasteiger partial charge in [-0.2, -0.15) is 0 Å². The van der Waals surface area contributed by atoms with E-state index in [0.29, 0.717) is 12.3 Å². The van der Waals surface area contributed by atoms with E-state index in [9.17, 15) is 4.79 Å². The minimum absolute atomic E-state index is 0.165. The topological polar surface area (TPSA) is 55.4 Å². The maximum absolute atomic E-state index is 10.7. The second kappa shape index (κ2) is 5.10. The maximum Gasteiger partial charge on any atom is 0.122 e. The van der Waals surface area contributed by atoms with E-state index >= 15 is 0 Å². The molecule has 0 fully saturated rings. The van der Waals surface area contributed by atoms with Crippen LogP contribution in [-0.4, -0.2) is 12.1 Å². The molecular formula is C13H14N2OS. The molecule has 17 heavy (non-hydrogen) atoms. The zero-order valence-electron chi connectivity index (χ0n) is 9.59. The van der Waals surface area contributed by atoms with Gasteiger partial charge in [0.15, 0.2) is 0 Å². The molecule has 0 saturated carbocycles. The number of amidine groups is 1. The van der Waals surface area contributed by atoms with Crippen LogP contribution in [0, 0.1) is 0 Å². The van der Waals surface area contributed by atoms with Crippen molar-refractivity contribution in [2.45, 2.75) is 19.4 Å². The molecule has 1 atom stereocenters. The minimum atomic E-state index is -0.165. The number of fused-ring (bicyclic) bond motifs is 1. The van der Waals surface area contributed by atoms with Gasteiger partial charge in [0, 0.05) is 11.1 Å². The van der Waals surface area contributed by atoms with Gasteiger partial charge >= 0.3 is 0 Å². The van der Waals surface area contributed by atoms with E-state index in [1.807, 2.05) is 6.07 Å². The number of carbonyl (C=O) groups is 1. The molecule has 1 aromatic heterocycles.